The number of benzene rings is 1. The standard InChI is InChI=1S/C19H26N4O2S/c1-13-6-4-5-7-16(13)21-19-11-10-17(22-23-19)15-9-8-14(2)18(12-15)26(24,25)20-3/h8-13,16,20H,4-7H2,1-3H3,(H,21,23)/t13-,16+/m0/s1. The molecule has 2 atom stereocenters. The van der Waals surface area contributed by atoms with Crippen LogP contribution in [0.2, 0.25) is 0 Å². The largest absolute Gasteiger partial charge is 0.366 e. The van der Waals surface area contributed by atoms with Gasteiger partial charge in [-0.2, -0.15) is 0 Å². The summed E-state index contributed by atoms with van der Waals surface area (Å²) in [7, 11) is -2.09. The van der Waals surface area contributed by atoms with Crippen molar-refractivity contribution >= 4 is 15.8 Å². The van der Waals surface area contributed by atoms with Crippen LogP contribution in [-0.4, -0.2) is 31.7 Å². The van der Waals surface area contributed by atoms with E-state index < -0.39 is 10.0 Å². The molecule has 0 saturated heterocycles. The second-order valence-electron chi connectivity index (χ2n) is 7.00. The summed E-state index contributed by atoms with van der Waals surface area (Å²) in [5, 5.41) is 12.1. The van der Waals surface area contributed by atoms with Crippen molar-refractivity contribution in [2.24, 2.45) is 5.92 Å². The van der Waals surface area contributed by atoms with Gasteiger partial charge in [-0.25, -0.2) is 13.1 Å². The highest BCUT2D eigenvalue weighted by Gasteiger charge is 2.21. The molecule has 0 bridgehead atoms. The van der Waals surface area contributed by atoms with Gasteiger partial charge in [0, 0.05) is 11.6 Å². The molecule has 1 fully saturated rings. The molecule has 2 aromatic rings. The van der Waals surface area contributed by atoms with Crippen molar-refractivity contribution < 1.29 is 8.42 Å². The molecular weight excluding hydrogens is 348 g/mol. The highest BCUT2D eigenvalue weighted by atomic mass is 32.2. The third-order valence-electron chi connectivity index (χ3n) is 5.15. The molecule has 0 aliphatic heterocycles. The van der Waals surface area contributed by atoms with E-state index in [9.17, 15) is 8.42 Å². The molecule has 140 valence electrons. The summed E-state index contributed by atoms with van der Waals surface area (Å²) in [4.78, 5) is 0.262. The molecule has 0 spiro atoms. The molecule has 1 aliphatic carbocycles. The lowest BCUT2D eigenvalue weighted by molar-refractivity contribution is 0.349. The maximum absolute atomic E-state index is 12.2. The van der Waals surface area contributed by atoms with E-state index in [1.165, 1.54) is 26.3 Å². The number of sulfonamides is 1. The van der Waals surface area contributed by atoms with Crippen LogP contribution < -0.4 is 10.0 Å². The molecule has 0 amide bonds. The quantitative estimate of drug-likeness (QED) is 0.838. The molecule has 1 aliphatic rings. The highest BCUT2D eigenvalue weighted by Crippen LogP contribution is 2.27. The van der Waals surface area contributed by atoms with Crippen molar-refractivity contribution in [3.8, 4) is 11.3 Å². The van der Waals surface area contributed by atoms with Crippen molar-refractivity contribution in [1.82, 2.24) is 14.9 Å². The molecule has 0 radical (unpaired) electrons. The van der Waals surface area contributed by atoms with Crippen molar-refractivity contribution in [1.29, 1.82) is 0 Å². The summed E-state index contributed by atoms with van der Waals surface area (Å²) in [6.07, 6.45) is 4.96. The minimum Gasteiger partial charge on any atom is -0.366 e. The highest BCUT2D eigenvalue weighted by molar-refractivity contribution is 7.89. The van der Waals surface area contributed by atoms with Crippen LogP contribution in [0.25, 0.3) is 11.3 Å². The van der Waals surface area contributed by atoms with Gasteiger partial charge in [0.25, 0.3) is 0 Å². The predicted octanol–water partition coefficient (Wildman–Crippen LogP) is 3.35. The fourth-order valence-electron chi connectivity index (χ4n) is 3.44. The van der Waals surface area contributed by atoms with Gasteiger partial charge in [0.05, 0.1) is 10.6 Å². The topological polar surface area (TPSA) is 84.0 Å². The van der Waals surface area contributed by atoms with Crippen LogP contribution in [0.5, 0.6) is 0 Å². The van der Waals surface area contributed by atoms with Gasteiger partial charge in [0.1, 0.15) is 5.82 Å². The van der Waals surface area contributed by atoms with E-state index in [-0.39, 0.29) is 4.90 Å². The average Bonchev–Trinajstić information content (AvgIpc) is 2.64. The van der Waals surface area contributed by atoms with Gasteiger partial charge >= 0.3 is 0 Å². The molecular formula is C19H26N4O2S. The molecule has 0 unspecified atom stereocenters. The SMILES string of the molecule is CNS(=O)(=O)c1cc(-c2ccc(N[C@@H]3CCCC[C@@H]3C)nn2)ccc1C. The Morgan fingerprint density at radius 2 is 1.85 bits per heavy atom. The van der Waals surface area contributed by atoms with E-state index >= 15 is 0 Å². The molecule has 1 aromatic heterocycles. The second-order valence-corrected chi connectivity index (χ2v) is 8.86. The zero-order valence-corrected chi connectivity index (χ0v) is 16.3. The predicted molar refractivity (Wildman–Crippen MR) is 103 cm³/mol. The monoisotopic (exact) mass is 374 g/mol. The number of hydrogen-bond acceptors (Lipinski definition) is 5. The van der Waals surface area contributed by atoms with E-state index in [0.29, 0.717) is 23.2 Å². The molecule has 1 saturated carbocycles. The molecule has 7 heteroatoms. The van der Waals surface area contributed by atoms with E-state index in [4.69, 9.17) is 0 Å². The van der Waals surface area contributed by atoms with Gasteiger partial charge in [-0.05, 0) is 56.5 Å². The average molecular weight is 375 g/mol. The van der Waals surface area contributed by atoms with Crippen LogP contribution in [0.1, 0.15) is 38.2 Å². The van der Waals surface area contributed by atoms with Crippen molar-refractivity contribution in [2.75, 3.05) is 12.4 Å². The first kappa shape index (κ1) is 18.8. The van der Waals surface area contributed by atoms with Gasteiger partial charge in [-0.15, -0.1) is 10.2 Å². The number of nitrogens with zero attached hydrogens (tertiary/aromatic N) is 2. The fourth-order valence-corrected chi connectivity index (χ4v) is 4.44. The van der Waals surface area contributed by atoms with Crippen LogP contribution in [-0.2, 0) is 10.0 Å². The summed E-state index contributed by atoms with van der Waals surface area (Å²) in [5.41, 5.74) is 2.08. The molecule has 1 heterocycles. The summed E-state index contributed by atoms with van der Waals surface area (Å²) >= 11 is 0. The first-order valence-corrected chi connectivity index (χ1v) is 10.5. The zero-order valence-electron chi connectivity index (χ0n) is 15.5. The number of rotatable bonds is 5. The Balaban J connectivity index is 1.81. The third-order valence-corrected chi connectivity index (χ3v) is 6.71. The Morgan fingerprint density at radius 1 is 1.08 bits per heavy atom. The zero-order chi connectivity index (χ0) is 18.7. The van der Waals surface area contributed by atoms with Crippen molar-refractivity contribution in [3.05, 3.63) is 35.9 Å². The maximum Gasteiger partial charge on any atom is 0.240 e. The van der Waals surface area contributed by atoms with Gasteiger partial charge in [-0.1, -0.05) is 31.9 Å². The third kappa shape index (κ3) is 4.04. The van der Waals surface area contributed by atoms with E-state index in [1.54, 1.807) is 19.1 Å². The maximum atomic E-state index is 12.2. The fraction of sp³-hybridized carbons (Fsp3) is 0.474. The number of anilines is 1. The van der Waals surface area contributed by atoms with Crippen molar-refractivity contribution in [2.45, 2.75) is 50.5 Å². The second kappa shape index (κ2) is 7.72. The van der Waals surface area contributed by atoms with Crippen LogP contribution in [0, 0.1) is 12.8 Å². The lowest BCUT2D eigenvalue weighted by Gasteiger charge is -2.29. The number of aryl methyl sites for hydroxylation is 1. The number of nitrogens with one attached hydrogen (secondary N) is 2. The Bertz CT molecular complexity index is 866. The minimum atomic E-state index is -3.50. The van der Waals surface area contributed by atoms with E-state index in [1.807, 2.05) is 18.2 Å². The van der Waals surface area contributed by atoms with Crippen LogP contribution >= 0.6 is 0 Å². The number of hydrogen-bond donors (Lipinski definition) is 2. The van der Waals surface area contributed by atoms with Crippen LogP contribution in [0.3, 0.4) is 0 Å². The lowest BCUT2D eigenvalue weighted by Crippen LogP contribution is -2.30. The van der Waals surface area contributed by atoms with Crippen LogP contribution in [0.15, 0.2) is 35.2 Å². The molecule has 26 heavy (non-hydrogen) atoms. The molecule has 3 rings (SSSR count). The molecule has 2 N–H and O–H groups in total. The van der Waals surface area contributed by atoms with Gasteiger partial charge < -0.3 is 5.32 Å². The molecule has 1 aromatic carbocycles. The van der Waals surface area contributed by atoms with Gasteiger partial charge in [0.15, 0.2) is 0 Å². The summed E-state index contributed by atoms with van der Waals surface area (Å²) in [6.45, 7) is 4.05. The van der Waals surface area contributed by atoms with Gasteiger partial charge in [0.2, 0.25) is 10.0 Å². The molecule has 6 nitrogen and oxygen atoms in total. The van der Waals surface area contributed by atoms with Gasteiger partial charge in [-0.3, -0.25) is 0 Å². The first-order chi connectivity index (χ1) is 12.4. The van der Waals surface area contributed by atoms with E-state index in [0.717, 1.165) is 17.8 Å². The first-order valence-electron chi connectivity index (χ1n) is 9.05. The lowest BCUT2D eigenvalue weighted by atomic mass is 9.86. The number of aromatic nitrogens is 2. The van der Waals surface area contributed by atoms with E-state index in [2.05, 4.69) is 27.2 Å². The summed E-state index contributed by atoms with van der Waals surface area (Å²) in [6, 6.07) is 9.53. The van der Waals surface area contributed by atoms with Crippen molar-refractivity contribution in [3.63, 3.8) is 0 Å². The van der Waals surface area contributed by atoms with Crippen LogP contribution in [0.4, 0.5) is 5.82 Å². The Kier molecular flexibility index (Phi) is 5.58. The Hall–Kier alpha value is -1.99. The summed E-state index contributed by atoms with van der Waals surface area (Å²) < 4.78 is 26.7. The summed E-state index contributed by atoms with van der Waals surface area (Å²) in [5.74, 6) is 1.40. The Labute approximate surface area is 155 Å². The minimum absolute atomic E-state index is 0.262. The normalized spacial score (nSPS) is 20.7. The Morgan fingerprint density at radius 3 is 2.50 bits per heavy atom. The smallest absolute Gasteiger partial charge is 0.240 e.